The third kappa shape index (κ3) is 4.18. The Morgan fingerprint density at radius 1 is 1.39 bits per heavy atom. The number of carbonyl (C=O) groups is 1. The summed E-state index contributed by atoms with van der Waals surface area (Å²) in [6.45, 7) is 3.53. The molecule has 2 aliphatic heterocycles. The van der Waals surface area contributed by atoms with E-state index < -0.39 is 38.8 Å². The van der Waals surface area contributed by atoms with Crippen molar-refractivity contribution >= 4 is 50.0 Å². The van der Waals surface area contributed by atoms with Gasteiger partial charge in [-0.2, -0.15) is 18.2 Å². The van der Waals surface area contributed by atoms with Gasteiger partial charge in [-0.3, -0.25) is 4.79 Å². The molecule has 0 bridgehead atoms. The number of fused-ring (bicyclic) bond motifs is 1. The number of benzene rings is 1. The highest BCUT2D eigenvalue weighted by Gasteiger charge is 2.50. The molecule has 28 heavy (non-hydrogen) atoms. The molecule has 5 nitrogen and oxygen atoms in total. The molecule has 0 saturated carbocycles. The monoisotopic (exact) mass is 454 g/mol. The minimum atomic E-state index is -4.59. The summed E-state index contributed by atoms with van der Waals surface area (Å²) in [7, 11) is -3.34. The van der Waals surface area contributed by atoms with Crippen molar-refractivity contribution in [3.8, 4) is 0 Å². The van der Waals surface area contributed by atoms with Crippen LogP contribution in [0.3, 0.4) is 0 Å². The van der Waals surface area contributed by atoms with Crippen LogP contribution in [0, 0.1) is 5.92 Å². The van der Waals surface area contributed by atoms with E-state index in [4.69, 9.17) is 11.6 Å². The number of alkyl halides is 3. The van der Waals surface area contributed by atoms with Crippen molar-refractivity contribution in [1.29, 1.82) is 0 Å². The zero-order valence-corrected chi connectivity index (χ0v) is 17.4. The number of sulfone groups is 1. The maximum atomic E-state index is 13.2. The highest BCUT2D eigenvalue weighted by atomic mass is 35.5. The average molecular weight is 455 g/mol. The van der Waals surface area contributed by atoms with E-state index in [1.165, 1.54) is 4.90 Å². The van der Waals surface area contributed by atoms with E-state index in [9.17, 15) is 26.4 Å². The van der Waals surface area contributed by atoms with Crippen molar-refractivity contribution in [1.82, 2.24) is 0 Å². The van der Waals surface area contributed by atoms with Crippen LogP contribution < -0.4 is 4.90 Å². The number of hydrogen-bond donors (Lipinski definition) is 0. The van der Waals surface area contributed by atoms with Gasteiger partial charge in [-0.25, -0.2) is 8.42 Å². The Morgan fingerprint density at radius 3 is 2.68 bits per heavy atom. The molecule has 2 saturated heterocycles. The first-order chi connectivity index (χ1) is 12.9. The second-order valence-electron chi connectivity index (χ2n) is 6.88. The van der Waals surface area contributed by atoms with Crippen molar-refractivity contribution in [2.24, 2.45) is 10.9 Å². The van der Waals surface area contributed by atoms with Gasteiger partial charge in [-0.05, 0) is 24.6 Å². The number of anilines is 1. The summed E-state index contributed by atoms with van der Waals surface area (Å²) >= 11 is 7.27. The van der Waals surface area contributed by atoms with E-state index in [1.807, 2.05) is 6.92 Å². The number of thioether (sulfide) groups is 1. The predicted molar refractivity (Wildman–Crippen MR) is 105 cm³/mol. The molecule has 2 heterocycles. The molecular formula is C17H18ClF3N2O3S2. The Bertz CT molecular complexity index is 934. The minimum absolute atomic E-state index is 0.00398. The summed E-state index contributed by atoms with van der Waals surface area (Å²) in [4.78, 5) is 17.8. The fourth-order valence-corrected chi connectivity index (χ4v) is 7.22. The Kier molecular flexibility index (Phi) is 5.77. The molecular weight excluding hydrogens is 437 g/mol. The second-order valence-corrected chi connectivity index (χ2v) is 10.6. The second kappa shape index (κ2) is 7.53. The number of rotatable bonds is 3. The number of hydrogen-bond acceptors (Lipinski definition) is 4. The largest absolute Gasteiger partial charge is 0.416 e. The third-order valence-electron chi connectivity index (χ3n) is 4.84. The van der Waals surface area contributed by atoms with Crippen LogP contribution in [0.4, 0.5) is 18.9 Å². The maximum Gasteiger partial charge on any atom is 0.416 e. The minimum Gasteiger partial charge on any atom is -0.314 e. The number of nitrogens with zero attached hydrogens (tertiary/aromatic N) is 2. The molecule has 154 valence electrons. The van der Waals surface area contributed by atoms with Crippen LogP contribution in [0.5, 0.6) is 0 Å². The highest BCUT2D eigenvalue weighted by Crippen LogP contribution is 2.44. The first kappa shape index (κ1) is 21.4. The molecule has 0 aliphatic carbocycles. The molecule has 1 amide bonds. The Hall–Kier alpha value is -1.26. The molecule has 0 aromatic heterocycles. The van der Waals surface area contributed by atoms with Crippen LogP contribution in [-0.4, -0.2) is 42.3 Å². The van der Waals surface area contributed by atoms with Crippen LogP contribution in [0.25, 0.3) is 0 Å². The summed E-state index contributed by atoms with van der Waals surface area (Å²) in [5, 5.41) is -0.197. The Labute approximate surface area is 170 Å². The molecule has 0 unspecified atom stereocenters. The Balaban J connectivity index is 2.10. The van der Waals surface area contributed by atoms with E-state index in [0.717, 1.165) is 30.0 Å². The molecule has 2 aliphatic rings. The smallest absolute Gasteiger partial charge is 0.314 e. The number of carbonyl (C=O) groups excluding carboxylic acids is 1. The zero-order valence-electron chi connectivity index (χ0n) is 15.0. The average Bonchev–Trinajstić information content (AvgIpc) is 3.04. The van der Waals surface area contributed by atoms with Crippen molar-refractivity contribution < 1.29 is 26.4 Å². The van der Waals surface area contributed by atoms with Gasteiger partial charge >= 0.3 is 6.18 Å². The third-order valence-corrected chi connectivity index (χ3v) is 8.37. The first-order valence-electron chi connectivity index (χ1n) is 8.58. The fraction of sp³-hybridized carbons (Fsp3) is 0.529. The summed E-state index contributed by atoms with van der Waals surface area (Å²) < 4.78 is 63.7. The van der Waals surface area contributed by atoms with Gasteiger partial charge in [0, 0.05) is 11.2 Å². The van der Waals surface area contributed by atoms with Gasteiger partial charge in [-0.1, -0.05) is 37.2 Å². The summed E-state index contributed by atoms with van der Waals surface area (Å²) in [5.41, 5.74) is -0.905. The molecule has 3 atom stereocenters. The first-order valence-corrected chi connectivity index (χ1v) is 11.7. The molecule has 0 spiro atoms. The van der Waals surface area contributed by atoms with Crippen LogP contribution in [0.1, 0.15) is 25.8 Å². The lowest BCUT2D eigenvalue weighted by Crippen LogP contribution is -2.38. The van der Waals surface area contributed by atoms with E-state index in [-0.39, 0.29) is 33.3 Å². The lowest BCUT2D eigenvalue weighted by atomic mass is 10.1. The number of aliphatic imine (C=N–C) groups is 1. The van der Waals surface area contributed by atoms with Gasteiger partial charge in [0.2, 0.25) is 0 Å². The van der Waals surface area contributed by atoms with Crippen molar-refractivity contribution in [3.63, 3.8) is 0 Å². The van der Waals surface area contributed by atoms with E-state index in [2.05, 4.69) is 4.99 Å². The van der Waals surface area contributed by atoms with E-state index >= 15 is 0 Å². The van der Waals surface area contributed by atoms with Crippen molar-refractivity contribution in [3.05, 3.63) is 28.8 Å². The van der Waals surface area contributed by atoms with E-state index in [1.54, 1.807) is 6.92 Å². The van der Waals surface area contributed by atoms with Gasteiger partial charge in [0.05, 0.1) is 33.8 Å². The molecule has 1 aromatic rings. The Morgan fingerprint density at radius 2 is 2.07 bits per heavy atom. The van der Waals surface area contributed by atoms with Gasteiger partial charge in [0.1, 0.15) is 0 Å². The summed E-state index contributed by atoms with van der Waals surface area (Å²) in [6, 6.07) is 2.23. The topological polar surface area (TPSA) is 66.8 Å². The standard InChI is InChI=1S/C17H18ClF3N2O3S2/c1-3-9(2)15(24)22-16-23(13-7-28(25,26)8-14(13)27-16)12-6-10(17(19,20)21)4-5-11(12)18/h4-6,9,13-14H,3,7-8H2,1-2H3/t9-,13-,14+/m0/s1. The quantitative estimate of drug-likeness (QED) is 0.690. The van der Waals surface area contributed by atoms with Gasteiger partial charge < -0.3 is 4.90 Å². The van der Waals surface area contributed by atoms with Crippen LogP contribution in [0.15, 0.2) is 23.2 Å². The fourth-order valence-electron chi connectivity index (χ4n) is 3.10. The predicted octanol–water partition coefficient (Wildman–Crippen LogP) is 4.01. The molecule has 0 N–H and O–H groups in total. The number of halogens is 4. The molecule has 3 rings (SSSR count). The number of amides is 1. The van der Waals surface area contributed by atoms with Crippen molar-refractivity contribution in [2.45, 2.75) is 37.7 Å². The van der Waals surface area contributed by atoms with Gasteiger partial charge in [0.25, 0.3) is 5.91 Å². The van der Waals surface area contributed by atoms with Crippen LogP contribution >= 0.6 is 23.4 Å². The molecule has 2 fully saturated rings. The molecule has 1 aromatic carbocycles. The zero-order chi connectivity index (χ0) is 20.9. The highest BCUT2D eigenvalue weighted by molar-refractivity contribution is 8.16. The van der Waals surface area contributed by atoms with Crippen LogP contribution in [-0.2, 0) is 20.8 Å². The normalized spacial score (nSPS) is 26.5. The summed E-state index contributed by atoms with van der Waals surface area (Å²) in [5.74, 6) is -1.10. The lowest BCUT2D eigenvalue weighted by Gasteiger charge is -2.26. The maximum absolute atomic E-state index is 13.2. The molecule has 11 heteroatoms. The van der Waals surface area contributed by atoms with Gasteiger partial charge in [-0.15, -0.1) is 0 Å². The van der Waals surface area contributed by atoms with Crippen LogP contribution in [0.2, 0.25) is 5.02 Å². The summed E-state index contributed by atoms with van der Waals surface area (Å²) in [6.07, 6.45) is -4.02. The number of amidine groups is 1. The lowest BCUT2D eigenvalue weighted by molar-refractivity contribution is -0.137. The van der Waals surface area contributed by atoms with Gasteiger partial charge in [0.15, 0.2) is 15.0 Å². The van der Waals surface area contributed by atoms with E-state index in [0.29, 0.717) is 6.42 Å². The van der Waals surface area contributed by atoms with Crippen molar-refractivity contribution in [2.75, 3.05) is 16.4 Å². The molecule has 0 radical (unpaired) electrons. The SMILES string of the molecule is CC[C@H](C)C(=O)N=C1S[C@@H]2CS(=O)(=O)C[C@@H]2N1c1cc(C(F)(F)F)ccc1Cl.